The van der Waals surface area contributed by atoms with Gasteiger partial charge in [0.05, 0.1) is 17.1 Å². The normalized spacial score (nSPS) is 12.6. The summed E-state index contributed by atoms with van der Waals surface area (Å²) in [5.41, 5.74) is 0.892. The lowest BCUT2D eigenvalue weighted by atomic mass is 10.0. The smallest absolute Gasteiger partial charge is 0.344 e. The van der Waals surface area contributed by atoms with Gasteiger partial charge in [0.2, 0.25) is 0 Å². The highest BCUT2D eigenvalue weighted by molar-refractivity contribution is 9.10. The molecule has 8 heteroatoms. The van der Waals surface area contributed by atoms with Gasteiger partial charge in [0.25, 0.3) is 5.56 Å². The second kappa shape index (κ2) is 9.15. The largest absolute Gasteiger partial charge is 0.479 e. The van der Waals surface area contributed by atoms with Gasteiger partial charge < -0.3 is 9.84 Å². The number of ether oxygens (including phenoxy) is 1. The summed E-state index contributed by atoms with van der Waals surface area (Å²) in [6.45, 7) is 5.35. The second-order valence-corrected chi connectivity index (χ2v) is 8.86. The maximum Gasteiger partial charge on any atom is 0.344 e. The molecule has 1 atom stereocenters. The van der Waals surface area contributed by atoms with Gasteiger partial charge in [0, 0.05) is 16.0 Å². The molecule has 0 unspecified atom stereocenters. The molecule has 0 aliphatic rings. The molecule has 0 spiro atoms. The first-order valence-corrected chi connectivity index (χ1v) is 11.2. The van der Waals surface area contributed by atoms with Gasteiger partial charge in [-0.1, -0.05) is 60.1 Å². The molecule has 0 aliphatic heterocycles. The molecule has 0 amide bonds. The Balaban J connectivity index is 1.93. The standard InChI is InChI=1S/C25H22BrN3O4/c1-14(2)23-28-21-10-9-17(26)12-19(21)24(30)29(23)27-13-20-18-7-5-4-6-16(18)8-11-22(20)33-15(3)25(31)32/h4-15H,1-3H3,(H,31,32)/t15-/m1/s1. The Hall–Kier alpha value is -3.52. The van der Waals surface area contributed by atoms with Gasteiger partial charge in [-0.3, -0.25) is 4.79 Å². The Bertz CT molecular complexity index is 1460. The maximum atomic E-state index is 13.3. The fourth-order valence-electron chi connectivity index (χ4n) is 3.52. The van der Waals surface area contributed by atoms with E-state index in [2.05, 4.69) is 26.0 Å². The van der Waals surface area contributed by atoms with Gasteiger partial charge in [0.1, 0.15) is 11.6 Å². The van der Waals surface area contributed by atoms with E-state index in [1.54, 1.807) is 18.2 Å². The van der Waals surface area contributed by atoms with Crippen molar-refractivity contribution in [3.8, 4) is 5.75 Å². The molecule has 168 valence electrons. The van der Waals surface area contributed by atoms with Crippen LogP contribution in [-0.4, -0.2) is 33.1 Å². The van der Waals surface area contributed by atoms with Crippen molar-refractivity contribution in [1.29, 1.82) is 0 Å². The summed E-state index contributed by atoms with van der Waals surface area (Å²) < 4.78 is 7.77. The zero-order valence-electron chi connectivity index (χ0n) is 18.3. The Morgan fingerprint density at radius 3 is 2.61 bits per heavy atom. The van der Waals surface area contributed by atoms with Crippen LogP contribution in [0.4, 0.5) is 0 Å². The lowest BCUT2D eigenvalue weighted by Crippen LogP contribution is -2.24. The van der Waals surface area contributed by atoms with Gasteiger partial charge in [-0.15, -0.1) is 0 Å². The van der Waals surface area contributed by atoms with Crippen molar-refractivity contribution in [1.82, 2.24) is 9.66 Å². The van der Waals surface area contributed by atoms with Gasteiger partial charge in [-0.2, -0.15) is 9.78 Å². The van der Waals surface area contributed by atoms with Crippen molar-refractivity contribution >= 4 is 49.8 Å². The van der Waals surface area contributed by atoms with Gasteiger partial charge >= 0.3 is 5.97 Å². The van der Waals surface area contributed by atoms with Crippen LogP contribution in [0.1, 0.15) is 38.1 Å². The van der Waals surface area contributed by atoms with Crippen LogP contribution in [0.25, 0.3) is 21.7 Å². The van der Waals surface area contributed by atoms with E-state index < -0.39 is 12.1 Å². The van der Waals surface area contributed by atoms with E-state index in [1.807, 2.05) is 50.2 Å². The first-order chi connectivity index (χ1) is 15.8. The maximum absolute atomic E-state index is 13.3. The molecule has 7 nitrogen and oxygen atoms in total. The summed E-state index contributed by atoms with van der Waals surface area (Å²) >= 11 is 3.41. The van der Waals surface area contributed by atoms with Crippen LogP contribution in [0.15, 0.2) is 69.0 Å². The fraction of sp³-hybridized carbons (Fsp3) is 0.200. The third kappa shape index (κ3) is 4.52. The fourth-order valence-corrected chi connectivity index (χ4v) is 3.88. The number of hydrogen-bond acceptors (Lipinski definition) is 5. The van der Waals surface area contributed by atoms with Gasteiger partial charge in [-0.25, -0.2) is 9.78 Å². The number of benzene rings is 3. The lowest BCUT2D eigenvalue weighted by Gasteiger charge is -2.15. The topological polar surface area (TPSA) is 93.8 Å². The van der Waals surface area contributed by atoms with Crippen LogP contribution < -0.4 is 10.3 Å². The molecule has 0 fully saturated rings. The van der Waals surface area contributed by atoms with Crippen molar-refractivity contribution in [2.45, 2.75) is 32.8 Å². The number of halogens is 1. The van der Waals surface area contributed by atoms with Crippen LogP contribution in [0.2, 0.25) is 0 Å². The molecular weight excluding hydrogens is 486 g/mol. The first kappa shape index (κ1) is 22.7. The summed E-state index contributed by atoms with van der Waals surface area (Å²) in [4.78, 5) is 29.3. The first-order valence-electron chi connectivity index (χ1n) is 10.4. The van der Waals surface area contributed by atoms with E-state index >= 15 is 0 Å². The SMILES string of the molecule is CC(C)c1nc2ccc(Br)cc2c(=O)n1N=Cc1c(O[C@H](C)C(=O)O)ccc2ccccc12. The number of carboxylic acid groups (broad SMARTS) is 1. The lowest BCUT2D eigenvalue weighted by molar-refractivity contribution is -0.144. The van der Waals surface area contributed by atoms with Crippen LogP contribution in [-0.2, 0) is 4.79 Å². The van der Waals surface area contributed by atoms with Crippen LogP contribution in [0.3, 0.4) is 0 Å². The zero-order chi connectivity index (χ0) is 23.7. The summed E-state index contributed by atoms with van der Waals surface area (Å²) in [5.74, 6) is -0.248. The number of aliphatic carboxylic acids is 1. The molecule has 3 aromatic carbocycles. The van der Waals surface area contributed by atoms with Crippen LogP contribution >= 0.6 is 15.9 Å². The summed E-state index contributed by atoms with van der Waals surface area (Å²) in [7, 11) is 0. The quantitative estimate of drug-likeness (QED) is 0.363. The third-order valence-electron chi connectivity index (χ3n) is 5.23. The zero-order valence-corrected chi connectivity index (χ0v) is 19.9. The highest BCUT2D eigenvalue weighted by atomic mass is 79.9. The Morgan fingerprint density at radius 1 is 1.12 bits per heavy atom. The van der Waals surface area contributed by atoms with E-state index in [1.165, 1.54) is 17.8 Å². The van der Waals surface area contributed by atoms with Crippen molar-refractivity contribution < 1.29 is 14.6 Å². The predicted octanol–water partition coefficient (Wildman–Crippen LogP) is 5.17. The molecule has 0 saturated heterocycles. The minimum absolute atomic E-state index is 0.0573. The van der Waals surface area contributed by atoms with Crippen molar-refractivity contribution in [2.75, 3.05) is 0 Å². The Kier molecular flexibility index (Phi) is 6.29. The minimum atomic E-state index is -1.08. The van der Waals surface area contributed by atoms with Crippen molar-refractivity contribution in [2.24, 2.45) is 5.10 Å². The molecule has 0 bridgehead atoms. The van der Waals surface area contributed by atoms with E-state index in [0.717, 1.165) is 15.2 Å². The average molecular weight is 508 g/mol. The molecule has 0 radical (unpaired) electrons. The Labute approximate surface area is 198 Å². The van der Waals surface area contributed by atoms with Gasteiger partial charge in [0.15, 0.2) is 6.10 Å². The average Bonchev–Trinajstić information content (AvgIpc) is 2.79. The van der Waals surface area contributed by atoms with E-state index in [9.17, 15) is 14.7 Å². The third-order valence-corrected chi connectivity index (χ3v) is 5.73. The van der Waals surface area contributed by atoms with Crippen molar-refractivity contribution in [3.63, 3.8) is 0 Å². The van der Waals surface area contributed by atoms with Crippen LogP contribution in [0, 0.1) is 0 Å². The van der Waals surface area contributed by atoms with Crippen LogP contribution in [0.5, 0.6) is 5.75 Å². The van der Waals surface area contributed by atoms with E-state index in [0.29, 0.717) is 28.0 Å². The number of carboxylic acids is 1. The molecule has 1 N–H and O–H groups in total. The van der Waals surface area contributed by atoms with Gasteiger partial charge in [-0.05, 0) is 42.0 Å². The highest BCUT2D eigenvalue weighted by Crippen LogP contribution is 2.28. The summed E-state index contributed by atoms with van der Waals surface area (Å²) in [6, 6.07) is 16.6. The molecule has 33 heavy (non-hydrogen) atoms. The monoisotopic (exact) mass is 507 g/mol. The molecule has 0 saturated carbocycles. The number of carbonyl (C=O) groups is 1. The van der Waals surface area contributed by atoms with E-state index in [4.69, 9.17) is 4.74 Å². The highest BCUT2D eigenvalue weighted by Gasteiger charge is 2.17. The molecule has 0 aliphatic carbocycles. The minimum Gasteiger partial charge on any atom is -0.479 e. The van der Waals surface area contributed by atoms with E-state index in [-0.39, 0.29) is 11.5 Å². The Morgan fingerprint density at radius 2 is 1.88 bits per heavy atom. The summed E-state index contributed by atoms with van der Waals surface area (Å²) in [6.07, 6.45) is 0.484. The molecule has 1 heterocycles. The number of hydrogen-bond donors (Lipinski definition) is 1. The molecule has 4 aromatic rings. The second-order valence-electron chi connectivity index (χ2n) is 7.94. The number of fused-ring (bicyclic) bond motifs is 2. The summed E-state index contributed by atoms with van der Waals surface area (Å²) in [5, 5.41) is 16.0. The molecular formula is C25H22BrN3O4. The number of nitrogens with zero attached hydrogens (tertiary/aromatic N) is 3. The van der Waals surface area contributed by atoms with Crippen molar-refractivity contribution in [3.05, 3.63) is 80.8 Å². The molecule has 4 rings (SSSR count). The molecule has 1 aromatic heterocycles. The predicted molar refractivity (Wildman–Crippen MR) is 132 cm³/mol. The number of aromatic nitrogens is 2. The number of rotatable bonds is 6.